The van der Waals surface area contributed by atoms with Gasteiger partial charge in [0.2, 0.25) is 0 Å². The predicted octanol–water partition coefficient (Wildman–Crippen LogP) is 2.21. The molecule has 4 rings (SSSR count). The molecule has 0 saturated carbocycles. The van der Waals surface area contributed by atoms with Crippen LogP contribution in [0.3, 0.4) is 0 Å². The fraction of sp³-hybridized carbons (Fsp3) is 0.438. The van der Waals surface area contributed by atoms with Gasteiger partial charge in [-0.25, -0.2) is 29.0 Å². The maximum absolute atomic E-state index is 13.5. The Labute approximate surface area is 152 Å². The van der Waals surface area contributed by atoms with Crippen LogP contribution in [-0.2, 0) is 6.42 Å². The number of alkyl halides is 1. The third-order valence-corrected chi connectivity index (χ3v) is 5.59. The quantitative estimate of drug-likeness (QED) is 0.856. The third kappa shape index (κ3) is 3.00. The Morgan fingerprint density at radius 1 is 1.31 bits per heavy atom. The number of hydrogen-bond acceptors (Lipinski definition) is 7. The molecule has 2 aliphatic heterocycles. The number of halogens is 1. The monoisotopic (exact) mass is 377 g/mol. The van der Waals surface area contributed by atoms with Crippen molar-refractivity contribution >= 4 is 29.2 Å². The fourth-order valence-electron chi connectivity index (χ4n) is 3.15. The first-order valence-corrected chi connectivity index (χ1v) is 9.10. The summed E-state index contributed by atoms with van der Waals surface area (Å²) in [6.45, 7) is 1.17. The van der Waals surface area contributed by atoms with Crippen molar-refractivity contribution < 1.29 is 19.1 Å². The number of hydrogen-bond donors (Lipinski definition) is 1. The van der Waals surface area contributed by atoms with Gasteiger partial charge >= 0.3 is 6.09 Å². The number of amides is 2. The average molecular weight is 377 g/mol. The zero-order chi connectivity index (χ0) is 18.3. The van der Waals surface area contributed by atoms with E-state index in [0.717, 1.165) is 29.2 Å². The van der Waals surface area contributed by atoms with Crippen LogP contribution in [0.2, 0.25) is 0 Å². The number of aromatic nitrogens is 3. The average Bonchev–Trinajstić information content (AvgIpc) is 3.07. The maximum Gasteiger partial charge on any atom is 0.414 e. The molecule has 136 valence electrons. The first kappa shape index (κ1) is 16.8. The molecular formula is C16H16FN5O3S. The largest absolute Gasteiger partial charge is 0.465 e. The van der Waals surface area contributed by atoms with Gasteiger partial charge in [-0.05, 0) is 12.8 Å². The molecule has 10 heteroatoms. The molecule has 1 atom stereocenters. The minimum absolute atomic E-state index is 0.105. The molecule has 26 heavy (non-hydrogen) atoms. The Bertz CT molecular complexity index is 856. The zero-order valence-corrected chi connectivity index (χ0v) is 14.6. The molecular weight excluding hydrogens is 361 g/mol. The minimum atomic E-state index is -1.26. The highest BCUT2D eigenvalue weighted by Crippen LogP contribution is 2.31. The van der Waals surface area contributed by atoms with Crippen molar-refractivity contribution in [1.82, 2.24) is 19.9 Å². The van der Waals surface area contributed by atoms with Gasteiger partial charge in [0.05, 0.1) is 24.6 Å². The molecule has 0 aromatic carbocycles. The molecule has 0 radical (unpaired) electrons. The summed E-state index contributed by atoms with van der Waals surface area (Å²) >= 11 is 1.12. The summed E-state index contributed by atoms with van der Waals surface area (Å²) in [4.78, 5) is 39.4. The molecule has 2 aromatic rings. The van der Waals surface area contributed by atoms with Crippen LogP contribution in [0.25, 0.3) is 10.7 Å². The Hall–Kier alpha value is -2.62. The van der Waals surface area contributed by atoms with Crippen LogP contribution in [0, 0.1) is 0 Å². The summed E-state index contributed by atoms with van der Waals surface area (Å²) in [5.41, 5.74) is 1.10. The lowest BCUT2D eigenvalue weighted by atomic mass is 10.1. The van der Waals surface area contributed by atoms with Crippen LogP contribution in [0.5, 0.6) is 0 Å². The SMILES string of the molecule is O=C(O)N1CCc2nc(-c3cnc(N4CCC[C@H](F)C4)cn3)sc2C1=O. The number of piperidine rings is 1. The number of carbonyl (C=O) groups excluding carboxylic acids is 1. The van der Waals surface area contributed by atoms with E-state index >= 15 is 0 Å². The van der Waals surface area contributed by atoms with Gasteiger partial charge in [0, 0.05) is 19.5 Å². The Morgan fingerprint density at radius 2 is 2.15 bits per heavy atom. The molecule has 1 saturated heterocycles. The molecule has 0 spiro atoms. The Kier molecular flexibility index (Phi) is 4.27. The smallest absolute Gasteiger partial charge is 0.414 e. The van der Waals surface area contributed by atoms with Gasteiger partial charge in [-0.1, -0.05) is 0 Å². The molecule has 4 heterocycles. The highest BCUT2D eigenvalue weighted by molar-refractivity contribution is 7.17. The second-order valence-electron chi connectivity index (χ2n) is 6.23. The van der Waals surface area contributed by atoms with Crippen LogP contribution in [0.1, 0.15) is 28.2 Å². The number of fused-ring (bicyclic) bond motifs is 1. The van der Waals surface area contributed by atoms with Gasteiger partial charge in [-0.15, -0.1) is 11.3 Å². The van der Waals surface area contributed by atoms with Crippen molar-refractivity contribution in [3.8, 4) is 10.7 Å². The van der Waals surface area contributed by atoms with Crippen LogP contribution < -0.4 is 4.90 Å². The Balaban J connectivity index is 1.57. The van der Waals surface area contributed by atoms with Gasteiger partial charge < -0.3 is 10.0 Å². The molecule has 2 amide bonds. The van der Waals surface area contributed by atoms with Crippen molar-refractivity contribution in [1.29, 1.82) is 0 Å². The lowest BCUT2D eigenvalue weighted by Gasteiger charge is -2.29. The van der Waals surface area contributed by atoms with E-state index in [-0.39, 0.29) is 6.54 Å². The molecule has 2 aromatic heterocycles. The Morgan fingerprint density at radius 3 is 2.85 bits per heavy atom. The van der Waals surface area contributed by atoms with Crippen molar-refractivity contribution in [2.75, 3.05) is 24.5 Å². The van der Waals surface area contributed by atoms with E-state index in [4.69, 9.17) is 5.11 Å². The van der Waals surface area contributed by atoms with Crippen LogP contribution in [0.4, 0.5) is 15.0 Å². The van der Waals surface area contributed by atoms with Crippen LogP contribution in [0.15, 0.2) is 12.4 Å². The normalized spacial score (nSPS) is 20.2. The van der Waals surface area contributed by atoms with Gasteiger partial charge in [0.15, 0.2) is 0 Å². The number of thiazole rings is 1. The minimum Gasteiger partial charge on any atom is -0.465 e. The highest BCUT2D eigenvalue weighted by atomic mass is 32.1. The van der Waals surface area contributed by atoms with Gasteiger partial charge in [-0.2, -0.15) is 0 Å². The van der Waals surface area contributed by atoms with E-state index in [1.54, 1.807) is 12.4 Å². The first-order chi connectivity index (χ1) is 12.5. The molecule has 2 aliphatic rings. The van der Waals surface area contributed by atoms with E-state index in [2.05, 4.69) is 15.0 Å². The van der Waals surface area contributed by atoms with E-state index in [0.29, 0.717) is 46.5 Å². The van der Waals surface area contributed by atoms with Gasteiger partial charge in [-0.3, -0.25) is 4.79 Å². The summed E-state index contributed by atoms with van der Waals surface area (Å²) < 4.78 is 13.5. The van der Waals surface area contributed by atoms with Gasteiger partial charge in [0.25, 0.3) is 5.91 Å². The first-order valence-electron chi connectivity index (χ1n) is 8.29. The van der Waals surface area contributed by atoms with Crippen molar-refractivity contribution in [3.05, 3.63) is 23.0 Å². The summed E-state index contributed by atoms with van der Waals surface area (Å²) in [6, 6.07) is 0. The van der Waals surface area contributed by atoms with E-state index in [1.807, 2.05) is 4.90 Å². The summed E-state index contributed by atoms with van der Waals surface area (Å²) in [6.07, 6.45) is 2.78. The van der Waals surface area contributed by atoms with Crippen molar-refractivity contribution in [3.63, 3.8) is 0 Å². The van der Waals surface area contributed by atoms with Crippen molar-refractivity contribution in [2.24, 2.45) is 0 Å². The number of rotatable bonds is 2. The lowest BCUT2D eigenvalue weighted by molar-refractivity contribution is 0.0731. The summed E-state index contributed by atoms with van der Waals surface area (Å²) in [7, 11) is 0. The topological polar surface area (TPSA) is 99.5 Å². The molecule has 0 bridgehead atoms. The van der Waals surface area contributed by atoms with Crippen LogP contribution >= 0.6 is 11.3 Å². The summed E-state index contributed by atoms with van der Waals surface area (Å²) in [5, 5.41) is 9.59. The lowest BCUT2D eigenvalue weighted by Crippen LogP contribution is -2.40. The number of anilines is 1. The second kappa shape index (κ2) is 6.60. The number of nitrogens with zero attached hydrogens (tertiary/aromatic N) is 5. The third-order valence-electron chi connectivity index (χ3n) is 4.49. The van der Waals surface area contributed by atoms with E-state index in [9.17, 15) is 14.0 Å². The van der Waals surface area contributed by atoms with E-state index < -0.39 is 18.2 Å². The molecule has 8 nitrogen and oxygen atoms in total. The zero-order valence-electron chi connectivity index (χ0n) is 13.8. The van der Waals surface area contributed by atoms with E-state index in [1.165, 1.54) is 0 Å². The fourth-order valence-corrected chi connectivity index (χ4v) is 4.17. The number of imide groups is 1. The van der Waals surface area contributed by atoms with Crippen LogP contribution in [-0.4, -0.2) is 62.8 Å². The predicted molar refractivity (Wildman–Crippen MR) is 92.2 cm³/mol. The highest BCUT2D eigenvalue weighted by Gasteiger charge is 2.32. The van der Waals surface area contributed by atoms with Crippen molar-refractivity contribution in [2.45, 2.75) is 25.4 Å². The number of carbonyl (C=O) groups is 2. The standard InChI is InChI=1S/C16H16FN5O3S/c17-9-2-1-4-21(8-9)12-7-18-11(6-19-12)14-20-10-3-5-22(16(24)25)15(23)13(10)26-14/h6-7,9H,1-5,8H2,(H,24,25)/t9-/m0/s1. The number of carboxylic acid groups (broad SMARTS) is 1. The molecule has 0 aliphatic carbocycles. The molecule has 0 unspecified atom stereocenters. The van der Waals surface area contributed by atoms with Gasteiger partial charge in [0.1, 0.15) is 27.6 Å². The molecule has 1 N–H and O–H groups in total. The maximum atomic E-state index is 13.5. The molecule has 1 fully saturated rings. The second-order valence-corrected chi connectivity index (χ2v) is 7.23. The summed E-state index contributed by atoms with van der Waals surface area (Å²) in [5.74, 6) is 0.0694.